The molecule has 5 rings (SSSR count). The van der Waals surface area contributed by atoms with Gasteiger partial charge >= 0.3 is 11.9 Å². The van der Waals surface area contributed by atoms with Gasteiger partial charge in [-0.05, 0) is 53.3 Å². The number of benzene rings is 2. The number of thiophene rings is 1. The highest BCUT2D eigenvalue weighted by molar-refractivity contribution is 7.22. The van der Waals surface area contributed by atoms with Crippen molar-refractivity contribution in [1.29, 1.82) is 0 Å². The van der Waals surface area contributed by atoms with Crippen LogP contribution in [0, 0.1) is 0 Å². The first kappa shape index (κ1) is 25.6. The Morgan fingerprint density at radius 1 is 1.05 bits per heavy atom. The molecule has 1 unspecified atom stereocenters. The van der Waals surface area contributed by atoms with Gasteiger partial charge in [-0.15, -0.1) is 11.3 Å². The van der Waals surface area contributed by atoms with Gasteiger partial charge in [-0.2, -0.15) is 0 Å². The molecule has 10 heteroatoms. The van der Waals surface area contributed by atoms with Crippen LogP contribution in [-0.4, -0.2) is 40.0 Å². The summed E-state index contributed by atoms with van der Waals surface area (Å²) in [5.74, 6) is -2.34. The number of ether oxygens (including phenoxy) is 1. The smallest absolute Gasteiger partial charge is 0.335 e. The summed E-state index contributed by atoms with van der Waals surface area (Å²) in [6, 6.07) is 12.4. The lowest BCUT2D eigenvalue weighted by Crippen LogP contribution is -2.28. The van der Waals surface area contributed by atoms with E-state index in [0.29, 0.717) is 26.4 Å². The predicted molar refractivity (Wildman–Crippen MR) is 147 cm³/mol. The third kappa shape index (κ3) is 4.25. The summed E-state index contributed by atoms with van der Waals surface area (Å²) in [4.78, 5) is 44.8. The minimum Gasteiger partial charge on any atom is -0.507 e. The summed E-state index contributed by atoms with van der Waals surface area (Å²) in [6.07, 6.45) is 0. The maximum atomic E-state index is 13.4. The lowest BCUT2D eigenvalue weighted by atomic mass is 9.84. The number of methoxy groups -OCH3 is 1. The molecular weight excluding hydrogens is 524 g/mol. The number of carbonyl (C=O) groups excluding carboxylic acids is 2. The van der Waals surface area contributed by atoms with Gasteiger partial charge in [-0.1, -0.05) is 38.2 Å². The average molecular weight is 549 g/mol. The Morgan fingerprint density at radius 2 is 1.79 bits per heavy atom. The van der Waals surface area contributed by atoms with Gasteiger partial charge in [0.1, 0.15) is 17.6 Å². The molecule has 194 valence electrons. The summed E-state index contributed by atoms with van der Waals surface area (Å²) >= 11 is 2.47. The van der Waals surface area contributed by atoms with Crippen LogP contribution in [0.15, 0.2) is 59.5 Å². The fourth-order valence-corrected chi connectivity index (χ4v) is 6.35. The molecule has 0 aliphatic carbocycles. The van der Waals surface area contributed by atoms with E-state index in [0.717, 1.165) is 16.9 Å². The highest BCUT2D eigenvalue weighted by atomic mass is 32.1. The molecule has 1 saturated heterocycles. The fourth-order valence-electron chi connectivity index (χ4n) is 4.49. The van der Waals surface area contributed by atoms with Crippen LogP contribution in [0.2, 0.25) is 0 Å². The molecule has 2 N–H and O–H groups in total. The molecule has 1 atom stereocenters. The summed E-state index contributed by atoms with van der Waals surface area (Å²) in [7, 11) is 1.57. The topological polar surface area (TPSA) is 117 Å². The van der Waals surface area contributed by atoms with Crippen LogP contribution in [0.1, 0.15) is 53.2 Å². The fraction of sp³-hybridized carbons (Fsp3) is 0.214. The number of aliphatic hydroxyl groups excluding tert-OH is 1. The van der Waals surface area contributed by atoms with Gasteiger partial charge in [0.2, 0.25) is 0 Å². The Kier molecular flexibility index (Phi) is 6.32. The second kappa shape index (κ2) is 9.38. The van der Waals surface area contributed by atoms with Crippen molar-refractivity contribution in [2.75, 3.05) is 12.0 Å². The maximum Gasteiger partial charge on any atom is 0.335 e. The normalized spacial score (nSPS) is 17.4. The molecule has 1 aliphatic rings. The zero-order valence-corrected chi connectivity index (χ0v) is 22.6. The molecular formula is C28H24N2O6S2. The molecule has 0 radical (unpaired) electrons. The molecule has 2 aromatic heterocycles. The molecule has 4 aromatic rings. The van der Waals surface area contributed by atoms with E-state index in [2.05, 4.69) is 4.98 Å². The zero-order chi connectivity index (χ0) is 27.4. The van der Waals surface area contributed by atoms with Crippen LogP contribution in [0.4, 0.5) is 5.13 Å². The van der Waals surface area contributed by atoms with E-state index >= 15 is 0 Å². The highest BCUT2D eigenvalue weighted by Crippen LogP contribution is 2.46. The van der Waals surface area contributed by atoms with E-state index in [4.69, 9.17) is 4.74 Å². The molecule has 0 bridgehead atoms. The van der Waals surface area contributed by atoms with Crippen LogP contribution >= 0.6 is 22.7 Å². The molecule has 1 amide bonds. The van der Waals surface area contributed by atoms with Crippen LogP contribution < -0.4 is 9.64 Å². The number of aromatic carboxylic acids is 1. The van der Waals surface area contributed by atoms with Crippen LogP contribution in [0.5, 0.6) is 5.75 Å². The monoisotopic (exact) mass is 548 g/mol. The van der Waals surface area contributed by atoms with Crippen LogP contribution in [0.25, 0.3) is 16.0 Å². The van der Waals surface area contributed by atoms with Gasteiger partial charge in [0.05, 0.1) is 28.5 Å². The van der Waals surface area contributed by atoms with E-state index in [-0.39, 0.29) is 27.4 Å². The van der Waals surface area contributed by atoms with Crippen molar-refractivity contribution in [1.82, 2.24) is 4.98 Å². The number of rotatable bonds is 5. The molecule has 0 saturated carbocycles. The standard InChI is InChI=1S/C28H24N2O6S2/c1-28(2,3)16-12-14(8-10-18(16)36-4)23(31)21-22(19-6-5-11-37-19)30(25(33)24(21)32)27-29-17-9-7-15(26(34)35)13-20(17)38-27/h5-13,22,31H,1-4H3,(H,34,35)/b23-21+. The number of Topliss-reactive ketones (excluding diaryl/α,β-unsaturated/α-hetero) is 1. The number of anilines is 1. The molecule has 8 nitrogen and oxygen atoms in total. The Bertz CT molecular complexity index is 1630. The number of aromatic nitrogens is 1. The number of carbonyl (C=O) groups is 3. The van der Waals surface area contributed by atoms with E-state index in [1.54, 1.807) is 37.4 Å². The second-order valence-corrected chi connectivity index (χ2v) is 11.8. The number of amides is 1. The SMILES string of the molecule is COc1ccc(/C(O)=C2\C(=O)C(=O)N(c3nc4ccc(C(=O)O)cc4s3)C2c2cccs2)cc1C(C)(C)C. The zero-order valence-electron chi connectivity index (χ0n) is 21.0. The Morgan fingerprint density at radius 3 is 2.42 bits per heavy atom. The third-order valence-corrected chi connectivity index (χ3v) is 8.31. The molecule has 38 heavy (non-hydrogen) atoms. The lowest BCUT2D eigenvalue weighted by molar-refractivity contribution is -0.132. The Hall–Kier alpha value is -4.02. The number of carboxylic acid groups (broad SMARTS) is 1. The van der Waals surface area contributed by atoms with Gasteiger partial charge in [-0.3, -0.25) is 14.5 Å². The van der Waals surface area contributed by atoms with Gasteiger partial charge < -0.3 is 14.9 Å². The van der Waals surface area contributed by atoms with E-state index in [9.17, 15) is 24.6 Å². The van der Waals surface area contributed by atoms with E-state index < -0.39 is 23.7 Å². The largest absolute Gasteiger partial charge is 0.507 e. The third-order valence-electron chi connectivity index (χ3n) is 6.37. The number of hydrogen-bond acceptors (Lipinski definition) is 8. The number of carboxylic acids is 1. The predicted octanol–water partition coefficient (Wildman–Crippen LogP) is 5.99. The number of thiazole rings is 1. The lowest BCUT2D eigenvalue weighted by Gasteiger charge is -2.24. The summed E-state index contributed by atoms with van der Waals surface area (Å²) in [5.41, 5.74) is 1.49. The van der Waals surface area contributed by atoms with Crippen LogP contribution in [0.3, 0.4) is 0 Å². The minimum absolute atomic E-state index is 0.0343. The average Bonchev–Trinajstić information content (AvgIpc) is 3.60. The number of fused-ring (bicyclic) bond motifs is 1. The Labute approximate surface area is 226 Å². The van der Waals surface area contributed by atoms with Crippen molar-refractivity contribution < 1.29 is 29.3 Å². The number of nitrogens with zero attached hydrogens (tertiary/aromatic N) is 2. The second-order valence-electron chi connectivity index (χ2n) is 9.83. The van der Waals surface area contributed by atoms with Gasteiger partial charge in [0, 0.05) is 16.0 Å². The van der Waals surface area contributed by atoms with Gasteiger partial charge in [-0.25, -0.2) is 9.78 Å². The Balaban J connectivity index is 1.69. The van der Waals surface area contributed by atoms with E-state index in [1.807, 2.05) is 32.2 Å². The number of hydrogen-bond donors (Lipinski definition) is 2. The van der Waals surface area contributed by atoms with Gasteiger partial charge in [0.25, 0.3) is 5.78 Å². The van der Waals surface area contributed by atoms with Crippen molar-refractivity contribution in [3.63, 3.8) is 0 Å². The maximum absolute atomic E-state index is 13.4. The molecule has 2 aromatic carbocycles. The van der Waals surface area contributed by atoms with Crippen molar-refractivity contribution in [2.45, 2.75) is 32.2 Å². The molecule has 3 heterocycles. The molecule has 1 fully saturated rings. The van der Waals surface area contributed by atoms with E-state index in [1.165, 1.54) is 28.4 Å². The highest BCUT2D eigenvalue weighted by Gasteiger charge is 2.48. The first-order valence-corrected chi connectivity index (χ1v) is 13.4. The molecule has 0 spiro atoms. The molecule has 1 aliphatic heterocycles. The number of aliphatic hydroxyl groups is 1. The summed E-state index contributed by atoms with van der Waals surface area (Å²) in [6.45, 7) is 6.05. The number of ketones is 1. The van der Waals surface area contributed by atoms with Crippen molar-refractivity contribution in [3.05, 3.63) is 81.1 Å². The van der Waals surface area contributed by atoms with Gasteiger partial charge in [0.15, 0.2) is 5.13 Å². The van der Waals surface area contributed by atoms with Crippen molar-refractivity contribution in [3.8, 4) is 5.75 Å². The first-order chi connectivity index (χ1) is 18.0. The van der Waals surface area contributed by atoms with Crippen LogP contribution in [-0.2, 0) is 15.0 Å². The first-order valence-electron chi connectivity index (χ1n) is 11.7. The summed E-state index contributed by atoms with van der Waals surface area (Å²) in [5, 5.41) is 22.9. The quantitative estimate of drug-likeness (QED) is 0.179. The summed E-state index contributed by atoms with van der Waals surface area (Å²) < 4.78 is 6.07. The van der Waals surface area contributed by atoms with Crippen molar-refractivity contribution in [2.24, 2.45) is 0 Å². The minimum atomic E-state index is -1.07. The van der Waals surface area contributed by atoms with Crippen molar-refractivity contribution >= 4 is 61.4 Å².